The number of aliphatic hydroxyl groups is 1. The fourth-order valence-electron chi connectivity index (χ4n) is 0.629. The van der Waals surface area contributed by atoms with Gasteiger partial charge in [0.25, 0.3) is 0 Å². The molecule has 0 aromatic heterocycles. The summed E-state index contributed by atoms with van der Waals surface area (Å²) in [5.74, 6) is 0. The van der Waals surface area contributed by atoms with Crippen LogP contribution in [0.3, 0.4) is 0 Å². The molecule has 0 aromatic carbocycles. The molecule has 52 valence electrons. The van der Waals surface area contributed by atoms with E-state index in [4.69, 9.17) is 10.3 Å². The Bertz CT molecular complexity index is 130. The lowest BCUT2D eigenvalue weighted by Crippen LogP contribution is -2.53. The van der Waals surface area contributed by atoms with Gasteiger partial charge in [0.1, 0.15) is 19.2 Å². The van der Waals surface area contributed by atoms with Gasteiger partial charge in [-0.2, -0.15) is 0 Å². The van der Waals surface area contributed by atoms with E-state index in [1.165, 1.54) is 0 Å². The van der Waals surface area contributed by atoms with Crippen molar-refractivity contribution < 1.29 is 15.3 Å². The number of β-amino-alcohol motifs (C(OH)–C–C–N with tert-alkyl or cyclic N) is 1. The summed E-state index contributed by atoms with van der Waals surface area (Å²) in [5.41, 5.74) is 0. The zero-order valence-electron chi connectivity index (χ0n) is 4.64. The highest BCUT2D eigenvalue weighted by atomic mass is 16.6. The van der Waals surface area contributed by atoms with E-state index in [1.807, 2.05) is 0 Å². The lowest BCUT2D eigenvalue weighted by molar-refractivity contribution is -0.725. The number of hydrazine groups is 1. The molecule has 0 saturated carbocycles. The van der Waals surface area contributed by atoms with Crippen LogP contribution in [0, 0.1) is 5.21 Å². The Hall–Kier alpha value is -1.04. The van der Waals surface area contributed by atoms with Crippen molar-refractivity contribution in [3.8, 4) is 0 Å². The maximum Gasteiger partial charge on any atom is 0.230 e. The van der Waals surface area contributed by atoms with Gasteiger partial charge in [0.2, 0.25) is 5.28 Å². The molecule has 6 heteroatoms. The Kier molecular flexibility index (Phi) is 1.39. The van der Waals surface area contributed by atoms with Crippen LogP contribution in [0.15, 0.2) is 5.28 Å². The van der Waals surface area contributed by atoms with Gasteiger partial charge in [-0.15, -0.1) is 5.01 Å². The maximum absolute atomic E-state index is 10.3. The molecule has 1 aliphatic heterocycles. The molecule has 6 nitrogen and oxygen atoms in total. The van der Waals surface area contributed by atoms with E-state index in [0.717, 1.165) is 5.01 Å². The van der Waals surface area contributed by atoms with Crippen LogP contribution in [-0.2, 0) is 0 Å². The van der Waals surface area contributed by atoms with Gasteiger partial charge < -0.3 is 15.5 Å². The van der Waals surface area contributed by atoms with Crippen molar-refractivity contribution in [2.24, 2.45) is 5.28 Å². The average Bonchev–Trinajstić information content (AvgIpc) is 1.79. The average molecular weight is 133 g/mol. The van der Waals surface area contributed by atoms with Crippen molar-refractivity contribution >= 4 is 0 Å². The Labute approximate surface area is 51.1 Å². The summed E-state index contributed by atoms with van der Waals surface area (Å²) >= 11 is 0. The summed E-state index contributed by atoms with van der Waals surface area (Å²) in [6, 6.07) is 0. The van der Waals surface area contributed by atoms with E-state index in [2.05, 4.69) is 5.28 Å². The number of aliphatic hydroxyl groups excluding tert-OH is 1. The molecular weight excluding hydrogens is 126 g/mol. The third-order valence-corrected chi connectivity index (χ3v) is 1.16. The highest BCUT2D eigenvalue weighted by Gasteiger charge is 2.31. The SMILES string of the molecule is [O-]/[N+](=N\O)N1CC(O)C1. The normalized spacial score (nSPS) is 21.9. The van der Waals surface area contributed by atoms with Gasteiger partial charge in [-0.05, 0) is 0 Å². The van der Waals surface area contributed by atoms with E-state index >= 15 is 0 Å². The quantitative estimate of drug-likeness (QED) is 0.271. The highest BCUT2D eigenvalue weighted by molar-refractivity contribution is 4.70. The molecule has 1 heterocycles. The van der Waals surface area contributed by atoms with Crippen LogP contribution in [-0.4, -0.2) is 39.5 Å². The van der Waals surface area contributed by atoms with Crippen LogP contribution in [0.4, 0.5) is 0 Å². The van der Waals surface area contributed by atoms with Gasteiger partial charge in [0.15, 0.2) is 0 Å². The minimum atomic E-state index is -0.455. The fourth-order valence-corrected chi connectivity index (χ4v) is 0.629. The molecule has 0 bridgehead atoms. The monoisotopic (exact) mass is 133 g/mol. The Morgan fingerprint density at radius 2 is 2.22 bits per heavy atom. The second kappa shape index (κ2) is 2.06. The molecule has 0 atom stereocenters. The van der Waals surface area contributed by atoms with E-state index in [-0.39, 0.29) is 18.1 Å². The highest BCUT2D eigenvalue weighted by Crippen LogP contribution is 2.05. The van der Waals surface area contributed by atoms with Crippen molar-refractivity contribution in [1.29, 1.82) is 0 Å². The van der Waals surface area contributed by atoms with E-state index in [1.54, 1.807) is 0 Å². The number of rotatable bonds is 1. The summed E-state index contributed by atoms with van der Waals surface area (Å²) < 4.78 is 0. The molecule has 0 radical (unpaired) electrons. The van der Waals surface area contributed by atoms with Crippen molar-refractivity contribution in [3.05, 3.63) is 5.21 Å². The van der Waals surface area contributed by atoms with Crippen LogP contribution >= 0.6 is 0 Å². The second-order valence-electron chi connectivity index (χ2n) is 1.87. The molecular formula is C3H7N3O3. The third-order valence-electron chi connectivity index (χ3n) is 1.16. The molecule has 1 saturated heterocycles. The van der Waals surface area contributed by atoms with Crippen LogP contribution in [0.5, 0.6) is 0 Å². The van der Waals surface area contributed by atoms with Gasteiger partial charge in [-0.3, -0.25) is 0 Å². The Morgan fingerprint density at radius 3 is 2.56 bits per heavy atom. The number of hydrogen-bond donors (Lipinski definition) is 2. The van der Waals surface area contributed by atoms with Crippen molar-refractivity contribution in [1.82, 2.24) is 5.01 Å². The standard InChI is InChI=1S/C3H7N3O3/c7-3-1-5(2-3)6(9)4-8/h3,7-8H,1-2H2/b6-4-. The predicted octanol–water partition coefficient (Wildman–Crippen LogP) is -1.07. The first kappa shape index (κ1) is 6.09. The molecule has 2 N–H and O–H groups in total. The van der Waals surface area contributed by atoms with Crippen molar-refractivity contribution in [2.45, 2.75) is 6.10 Å². The summed E-state index contributed by atoms with van der Waals surface area (Å²) in [6.45, 7) is 0.487. The lowest BCUT2D eigenvalue weighted by Gasteiger charge is -2.29. The van der Waals surface area contributed by atoms with E-state index in [9.17, 15) is 5.21 Å². The fraction of sp³-hybridized carbons (Fsp3) is 1.00. The molecule has 1 aliphatic rings. The molecule has 0 aliphatic carbocycles. The summed E-state index contributed by atoms with van der Waals surface area (Å²) in [6.07, 6.45) is -0.455. The molecule has 0 aromatic rings. The largest absolute Gasteiger partial charge is 0.569 e. The molecule has 0 amide bonds. The predicted molar refractivity (Wildman–Crippen MR) is 25.4 cm³/mol. The van der Waals surface area contributed by atoms with Crippen LogP contribution in [0.1, 0.15) is 0 Å². The zero-order valence-corrected chi connectivity index (χ0v) is 4.64. The smallest absolute Gasteiger partial charge is 0.230 e. The van der Waals surface area contributed by atoms with Gasteiger partial charge in [-0.25, -0.2) is 0 Å². The van der Waals surface area contributed by atoms with Gasteiger partial charge in [0.05, 0.1) is 4.97 Å². The second-order valence-corrected chi connectivity index (χ2v) is 1.87. The summed E-state index contributed by atoms with van der Waals surface area (Å²) in [5, 5.41) is 30.3. The zero-order chi connectivity index (χ0) is 6.85. The first-order valence-corrected chi connectivity index (χ1v) is 2.49. The molecule has 1 rings (SSSR count). The van der Waals surface area contributed by atoms with Crippen LogP contribution in [0.25, 0.3) is 0 Å². The van der Waals surface area contributed by atoms with Gasteiger partial charge >= 0.3 is 0 Å². The van der Waals surface area contributed by atoms with E-state index in [0.29, 0.717) is 0 Å². The summed E-state index contributed by atoms with van der Waals surface area (Å²) in [7, 11) is 0. The van der Waals surface area contributed by atoms with Gasteiger partial charge in [-0.1, -0.05) is 0 Å². The topological polar surface area (TPSA) is 82.1 Å². The minimum absolute atomic E-state index is 0.0483. The first-order chi connectivity index (χ1) is 4.24. The number of hydrogen-bond acceptors (Lipinski definition) is 3. The van der Waals surface area contributed by atoms with Crippen LogP contribution < -0.4 is 0 Å². The molecule has 9 heavy (non-hydrogen) atoms. The van der Waals surface area contributed by atoms with Crippen molar-refractivity contribution in [3.63, 3.8) is 0 Å². The molecule has 0 unspecified atom stereocenters. The van der Waals surface area contributed by atoms with E-state index < -0.39 is 6.10 Å². The summed E-state index contributed by atoms with van der Waals surface area (Å²) in [4.78, 5) is 0.0483. The molecule has 1 fully saturated rings. The molecule has 0 spiro atoms. The lowest BCUT2D eigenvalue weighted by atomic mass is 10.2. The maximum atomic E-state index is 10.3. The minimum Gasteiger partial charge on any atom is -0.569 e. The van der Waals surface area contributed by atoms with Crippen LogP contribution in [0.2, 0.25) is 0 Å². The van der Waals surface area contributed by atoms with Crippen molar-refractivity contribution in [2.75, 3.05) is 13.1 Å². The first-order valence-electron chi connectivity index (χ1n) is 2.49. The Morgan fingerprint density at radius 1 is 1.67 bits per heavy atom. The van der Waals surface area contributed by atoms with Gasteiger partial charge in [0, 0.05) is 0 Å². The third kappa shape index (κ3) is 1.02. The Balaban J connectivity index is 2.32. The number of nitrogens with zero attached hydrogens (tertiary/aromatic N) is 3.